The lowest BCUT2D eigenvalue weighted by Crippen LogP contribution is -2.32. The van der Waals surface area contributed by atoms with Gasteiger partial charge >= 0.3 is 0 Å². The fraction of sp³-hybridized carbons (Fsp3) is 0.750. The summed E-state index contributed by atoms with van der Waals surface area (Å²) < 4.78 is 28.2. The zero-order valence-corrected chi connectivity index (χ0v) is 17.2. The van der Waals surface area contributed by atoms with Gasteiger partial charge < -0.3 is 0 Å². The molecule has 4 nitrogen and oxygen atoms in total. The summed E-state index contributed by atoms with van der Waals surface area (Å²) in [4.78, 5) is 0. The molecule has 1 N–H and O–H groups in total. The van der Waals surface area contributed by atoms with Crippen molar-refractivity contribution in [3.8, 4) is 0 Å². The molecular formula is C20H38NO3S+. The monoisotopic (exact) mass is 372 g/mol. The highest BCUT2D eigenvalue weighted by Crippen LogP contribution is 2.09. The molecule has 1 rings (SSSR count). The molecule has 1 aromatic heterocycles. The summed E-state index contributed by atoms with van der Waals surface area (Å²) in [6.45, 7) is 5.71. The van der Waals surface area contributed by atoms with Crippen LogP contribution in [-0.2, 0) is 23.1 Å². The first-order valence-corrected chi connectivity index (χ1v) is 11.6. The summed E-state index contributed by atoms with van der Waals surface area (Å²) in [5.41, 5.74) is 1.47. The van der Waals surface area contributed by atoms with Crippen LogP contribution >= 0.6 is 0 Å². The fourth-order valence-electron chi connectivity index (χ4n) is 2.70. The first kappa shape index (κ1) is 24.1. The Labute approximate surface area is 155 Å². The molecule has 0 spiro atoms. The topological polar surface area (TPSA) is 58.2 Å². The SMILES string of the molecule is CCCCCCCCCCC[n+]1ccc(CCC)cc1.CS(=O)(=O)O. The van der Waals surface area contributed by atoms with Gasteiger partial charge in [-0.05, 0) is 18.4 Å². The van der Waals surface area contributed by atoms with E-state index in [-0.39, 0.29) is 0 Å². The normalized spacial score (nSPS) is 11.0. The van der Waals surface area contributed by atoms with E-state index in [0.717, 1.165) is 0 Å². The Hall–Kier alpha value is -0.940. The van der Waals surface area contributed by atoms with Gasteiger partial charge in [-0.15, -0.1) is 0 Å². The van der Waals surface area contributed by atoms with Crippen molar-refractivity contribution in [2.24, 2.45) is 0 Å². The average molecular weight is 373 g/mol. The van der Waals surface area contributed by atoms with Crippen LogP contribution in [0.25, 0.3) is 0 Å². The summed E-state index contributed by atoms with van der Waals surface area (Å²) in [6.07, 6.45) is 20.3. The van der Waals surface area contributed by atoms with E-state index in [1.165, 1.54) is 82.7 Å². The summed E-state index contributed by atoms with van der Waals surface area (Å²) in [5, 5.41) is 0. The first-order valence-electron chi connectivity index (χ1n) is 9.77. The van der Waals surface area contributed by atoms with Crippen molar-refractivity contribution < 1.29 is 17.5 Å². The highest BCUT2D eigenvalue weighted by atomic mass is 32.2. The predicted octanol–water partition coefficient (Wildman–Crippen LogP) is 4.96. The van der Waals surface area contributed by atoms with Crippen LogP contribution in [0.15, 0.2) is 24.5 Å². The highest BCUT2D eigenvalue weighted by molar-refractivity contribution is 7.85. The van der Waals surface area contributed by atoms with Crippen molar-refractivity contribution in [2.75, 3.05) is 6.26 Å². The molecule has 0 saturated carbocycles. The van der Waals surface area contributed by atoms with E-state index in [4.69, 9.17) is 4.55 Å². The Morgan fingerprint density at radius 3 is 1.72 bits per heavy atom. The number of rotatable bonds is 12. The number of hydrogen-bond donors (Lipinski definition) is 1. The Morgan fingerprint density at radius 2 is 1.28 bits per heavy atom. The lowest BCUT2D eigenvalue weighted by Gasteiger charge is -2.01. The number of pyridine rings is 1. The fourth-order valence-corrected chi connectivity index (χ4v) is 2.70. The molecule has 1 heterocycles. The maximum absolute atomic E-state index is 9.19. The standard InChI is InChI=1S/C19H34N.CH4O3S/c1-3-5-6-7-8-9-10-11-12-16-20-17-14-19(13-4-2)15-18-20;1-5(2,3)4/h14-15,17-18H,3-13,16H2,1-2H3;1H3,(H,2,3,4)/q+1;. The van der Waals surface area contributed by atoms with Gasteiger partial charge in [0.05, 0.1) is 6.26 Å². The number of aryl methyl sites for hydroxylation is 2. The first-order chi connectivity index (χ1) is 11.9. The van der Waals surface area contributed by atoms with E-state index in [1.807, 2.05) is 0 Å². The van der Waals surface area contributed by atoms with E-state index in [0.29, 0.717) is 6.26 Å². The van der Waals surface area contributed by atoms with Crippen molar-refractivity contribution in [1.29, 1.82) is 0 Å². The van der Waals surface area contributed by atoms with Crippen molar-refractivity contribution >= 4 is 10.1 Å². The summed E-state index contributed by atoms with van der Waals surface area (Å²) in [7, 11) is -3.67. The highest BCUT2D eigenvalue weighted by Gasteiger charge is 2.00. The van der Waals surface area contributed by atoms with Gasteiger partial charge in [-0.1, -0.05) is 65.2 Å². The van der Waals surface area contributed by atoms with Crippen molar-refractivity contribution in [3.05, 3.63) is 30.1 Å². The van der Waals surface area contributed by atoms with Gasteiger partial charge in [-0.3, -0.25) is 4.55 Å². The second-order valence-corrected chi connectivity index (χ2v) is 8.22. The molecule has 1 aromatic rings. The minimum Gasteiger partial charge on any atom is -0.286 e. The summed E-state index contributed by atoms with van der Waals surface area (Å²) in [5.74, 6) is 0. The quantitative estimate of drug-likeness (QED) is 0.320. The van der Waals surface area contributed by atoms with Crippen LogP contribution in [0.3, 0.4) is 0 Å². The van der Waals surface area contributed by atoms with Crippen LogP contribution in [0.5, 0.6) is 0 Å². The number of unbranched alkanes of at least 4 members (excludes halogenated alkanes) is 8. The average Bonchev–Trinajstić information content (AvgIpc) is 2.53. The maximum Gasteiger partial charge on any atom is 0.261 e. The van der Waals surface area contributed by atoms with Crippen molar-refractivity contribution in [3.63, 3.8) is 0 Å². The van der Waals surface area contributed by atoms with Gasteiger partial charge in [-0.25, -0.2) is 4.57 Å². The molecular weight excluding hydrogens is 334 g/mol. The van der Waals surface area contributed by atoms with E-state index >= 15 is 0 Å². The molecule has 0 fully saturated rings. The van der Waals surface area contributed by atoms with E-state index in [1.54, 1.807) is 0 Å². The lowest BCUT2D eigenvalue weighted by molar-refractivity contribution is -0.697. The Kier molecular flexibility index (Phi) is 14.7. The molecule has 25 heavy (non-hydrogen) atoms. The molecule has 0 amide bonds. The van der Waals surface area contributed by atoms with Gasteiger partial charge in [0.2, 0.25) is 0 Å². The number of aromatic nitrogens is 1. The molecule has 0 aromatic carbocycles. The minimum atomic E-state index is -3.67. The van der Waals surface area contributed by atoms with Gasteiger partial charge in [-0.2, -0.15) is 8.42 Å². The number of nitrogens with zero attached hydrogens (tertiary/aromatic N) is 1. The van der Waals surface area contributed by atoms with Crippen molar-refractivity contribution in [1.82, 2.24) is 0 Å². The predicted molar refractivity (Wildman–Crippen MR) is 105 cm³/mol. The van der Waals surface area contributed by atoms with Gasteiger partial charge in [0.15, 0.2) is 12.4 Å². The largest absolute Gasteiger partial charge is 0.286 e. The number of hydrogen-bond acceptors (Lipinski definition) is 2. The Balaban J connectivity index is 0.00000101. The van der Waals surface area contributed by atoms with Gasteiger partial charge in [0.1, 0.15) is 6.54 Å². The van der Waals surface area contributed by atoms with Crippen LogP contribution in [0.1, 0.15) is 83.6 Å². The zero-order chi connectivity index (χ0) is 19.0. The molecule has 0 atom stereocenters. The van der Waals surface area contributed by atoms with Crippen LogP contribution < -0.4 is 4.57 Å². The second kappa shape index (κ2) is 15.3. The van der Waals surface area contributed by atoms with Crippen molar-refractivity contribution in [2.45, 2.75) is 91.0 Å². The Bertz CT molecular complexity index is 504. The smallest absolute Gasteiger partial charge is 0.261 e. The molecule has 146 valence electrons. The summed E-state index contributed by atoms with van der Waals surface area (Å²) in [6, 6.07) is 4.55. The molecule has 0 bridgehead atoms. The molecule has 0 saturated heterocycles. The summed E-state index contributed by atoms with van der Waals surface area (Å²) >= 11 is 0. The van der Waals surface area contributed by atoms with E-state index < -0.39 is 10.1 Å². The molecule has 0 unspecified atom stereocenters. The van der Waals surface area contributed by atoms with Gasteiger partial charge in [0, 0.05) is 18.6 Å². The maximum atomic E-state index is 9.19. The third-order valence-corrected chi connectivity index (χ3v) is 4.02. The van der Waals surface area contributed by atoms with Crippen LogP contribution in [-0.4, -0.2) is 19.2 Å². The molecule has 0 aliphatic rings. The van der Waals surface area contributed by atoms with Crippen LogP contribution in [0, 0.1) is 0 Å². The second-order valence-electron chi connectivity index (χ2n) is 6.76. The lowest BCUT2D eigenvalue weighted by atomic mass is 10.1. The van der Waals surface area contributed by atoms with Gasteiger partial charge in [0.25, 0.3) is 10.1 Å². The molecule has 5 heteroatoms. The molecule has 0 aliphatic heterocycles. The molecule has 0 radical (unpaired) electrons. The van der Waals surface area contributed by atoms with E-state index in [2.05, 4.69) is 42.9 Å². The zero-order valence-electron chi connectivity index (χ0n) is 16.4. The Morgan fingerprint density at radius 1 is 0.840 bits per heavy atom. The third kappa shape index (κ3) is 19.2. The van der Waals surface area contributed by atoms with Crippen LogP contribution in [0.4, 0.5) is 0 Å². The van der Waals surface area contributed by atoms with E-state index in [9.17, 15) is 8.42 Å². The molecule has 0 aliphatic carbocycles. The van der Waals surface area contributed by atoms with Crippen LogP contribution in [0.2, 0.25) is 0 Å². The minimum absolute atomic E-state index is 0.715. The third-order valence-electron chi connectivity index (χ3n) is 4.02.